The van der Waals surface area contributed by atoms with Gasteiger partial charge in [0.1, 0.15) is 16.4 Å². The molecular weight excluding hydrogens is 286 g/mol. The van der Waals surface area contributed by atoms with Crippen LogP contribution >= 0.6 is 0 Å². The quantitative estimate of drug-likeness (QED) is 0.853. The van der Waals surface area contributed by atoms with Gasteiger partial charge in [0, 0.05) is 13.1 Å². The first-order chi connectivity index (χ1) is 9.15. The summed E-state index contributed by atoms with van der Waals surface area (Å²) in [4.78, 5) is -0.561. The summed E-state index contributed by atoms with van der Waals surface area (Å²) in [5.74, 6) is -2.17. The number of nitrogens with two attached hydrogens (primary N) is 1. The van der Waals surface area contributed by atoms with Crippen LogP contribution in [0.3, 0.4) is 0 Å². The molecule has 2 rings (SSSR count). The van der Waals surface area contributed by atoms with Gasteiger partial charge in [-0.3, -0.25) is 0 Å². The zero-order valence-corrected chi connectivity index (χ0v) is 12.3. The Morgan fingerprint density at radius 1 is 1.30 bits per heavy atom. The van der Waals surface area contributed by atoms with E-state index >= 15 is 0 Å². The molecule has 1 aromatic carbocycles. The van der Waals surface area contributed by atoms with Crippen molar-refractivity contribution in [3.05, 3.63) is 23.8 Å². The van der Waals surface area contributed by atoms with Crippen molar-refractivity contribution < 1.29 is 17.2 Å². The van der Waals surface area contributed by atoms with E-state index in [9.17, 15) is 17.2 Å². The van der Waals surface area contributed by atoms with E-state index < -0.39 is 32.2 Å². The van der Waals surface area contributed by atoms with E-state index in [0.717, 1.165) is 18.6 Å². The third kappa shape index (κ3) is 2.64. The smallest absolute Gasteiger partial charge is 0.246 e. The Labute approximate surface area is 117 Å². The molecular formula is C13H18F2N2O2S. The normalized spacial score (nSPS) is 20.0. The Kier molecular flexibility index (Phi) is 3.77. The number of nitrogens with zero attached hydrogens (tertiary/aromatic N) is 1. The van der Waals surface area contributed by atoms with Gasteiger partial charge in [-0.15, -0.1) is 0 Å². The lowest BCUT2D eigenvalue weighted by molar-refractivity contribution is 0.186. The Morgan fingerprint density at radius 2 is 1.95 bits per heavy atom. The average Bonchev–Trinajstić information content (AvgIpc) is 2.34. The van der Waals surface area contributed by atoms with Crippen LogP contribution in [0, 0.1) is 17.0 Å². The van der Waals surface area contributed by atoms with Crippen molar-refractivity contribution in [2.45, 2.75) is 31.6 Å². The van der Waals surface area contributed by atoms with E-state index in [0.29, 0.717) is 19.5 Å². The first-order valence-electron chi connectivity index (χ1n) is 6.39. The molecule has 2 N–H and O–H groups in total. The van der Waals surface area contributed by atoms with Crippen molar-refractivity contribution in [3.63, 3.8) is 0 Å². The number of anilines is 1. The van der Waals surface area contributed by atoms with Crippen LogP contribution in [0.25, 0.3) is 0 Å². The van der Waals surface area contributed by atoms with Gasteiger partial charge in [0.15, 0.2) is 5.82 Å². The predicted octanol–water partition coefficient (Wildman–Crippen LogP) is 2.36. The van der Waals surface area contributed by atoms with Crippen molar-refractivity contribution >= 4 is 15.7 Å². The highest BCUT2D eigenvalue weighted by Gasteiger charge is 2.36. The summed E-state index contributed by atoms with van der Waals surface area (Å²) in [7, 11) is -3.99. The largest absolute Gasteiger partial charge is 0.394 e. The average molecular weight is 304 g/mol. The molecule has 1 saturated heterocycles. The minimum Gasteiger partial charge on any atom is -0.394 e. The Bertz CT molecular complexity index is 630. The molecule has 1 aromatic rings. The zero-order chi connectivity index (χ0) is 15.1. The molecule has 0 saturated carbocycles. The lowest BCUT2D eigenvalue weighted by atomic mass is 9.85. The van der Waals surface area contributed by atoms with Crippen LogP contribution in [0.15, 0.2) is 17.0 Å². The fraction of sp³-hybridized carbons (Fsp3) is 0.538. The molecule has 0 spiro atoms. The summed E-state index contributed by atoms with van der Waals surface area (Å²) in [6.45, 7) is 4.57. The molecule has 1 fully saturated rings. The minimum atomic E-state index is -3.99. The molecule has 1 aliphatic heterocycles. The van der Waals surface area contributed by atoms with Crippen molar-refractivity contribution in [2.75, 3.05) is 18.8 Å². The third-order valence-corrected chi connectivity index (χ3v) is 5.44. The molecule has 7 heteroatoms. The van der Waals surface area contributed by atoms with E-state index in [1.807, 2.05) is 13.8 Å². The number of nitrogen functional groups attached to an aromatic ring is 1. The number of piperidine rings is 1. The Balaban J connectivity index is 2.43. The van der Waals surface area contributed by atoms with Crippen LogP contribution in [0.5, 0.6) is 0 Å². The van der Waals surface area contributed by atoms with E-state index in [4.69, 9.17) is 5.73 Å². The maximum atomic E-state index is 13.9. The van der Waals surface area contributed by atoms with Gasteiger partial charge in [0.2, 0.25) is 10.0 Å². The highest BCUT2D eigenvalue weighted by molar-refractivity contribution is 7.89. The summed E-state index contributed by atoms with van der Waals surface area (Å²) in [6, 6.07) is 1.80. The maximum absolute atomic E-state index is 13.9. The van der Waals surface area contributed by atoms with E-state index in [1.165, 1.54) is 4.31 Å². The zero-order valence-electron chi connectivity index (χ0n) is 11.5. The molecule has 0 unspecified atom stereocenters. The molecule has 20 heavy (non-hydrogen) atoms. The second-order valence-corrected chi connectivity index (χ2v) is 7.79. The topological polar surface area (TPSA) is 63.4 Å². The molecule has 0 aromatic heterocycles. The highest BCUT2D eigenvalue weighted by atomic mass is 32.2. The van der Waals surface area contributed by atoms with Gasteiger partial charge in [-0.2, -0.15) is 4.31 Å². The molecule has 0 bridgehead atoms. The van der Waals surface area contributed by atoms with E-state index in [2.05, 4.69) is 0 Å². The van der Waals surface area contributed by atoms with Gasteiger partial charge < -0.3 is 5.73 Å². The van der Waals surface area contributed by atoms with Crippen LogP contribution < -0.4 is 5.73 Å². The molecule has 0 aliphatic carbocycles. The monoisotopic (exact) mass is 304 g/mol. The summed E-state index contributed by atoms with van der Waals surface area (Å²) >= 11 is 0. The van der Waals surface area contributed by atoms with Gasteiger partial charge in [-0.1, -0.05) is 13.8 Å². The van der Waals surface area contributed by atoms with Crippen LogP contribution in [0.4, 0.5) is 14.5 Å². The number of rotatable bonds is 2. The minimum absolute atomic E-state index is 0.159. The van der Waals surface area contributed by atoms with Crippen LogP contribution in [-0.2, 0) is 10.0 Å². The predicted molar refractivity (Wildman–Crippen MR) is 72.5 cm³/mol. The number of halogens is 2. The van der Waals surface area contributed by atoms with Crippen molar-refractivity contribution in [1.29, 1.82) is 0 Å². The summed E-state index contributed by atoms with van der Waals surface area (Å²) < 4.78 is 53.3. The second-order valence-electron chi connectivity index (χ2n) is 5.88. The number of benzene rings is 1. The second kappa shape index (κ2) is 4.96. The fourth-order valence-electron chi connectivity index (χ4n) is 2.46. The standard InChI is InChI=1S/C13H18F2N2O2S/c1-13(2)6-3-7-17(8-13)20(18,19)10-5-4-9(14)12(16)11(10)15/h4-5H,3,6-8,16H2,1-2H3. The fourth-order valence-corrected chi connectivity index (χ4v) is 4.21. The van der Waals surface area contributed by atoms with Gasteiger partial charge >= 0.3 is 0 Å². The third-order valence-electron chi connectivity index (χ3n) is 3.57. The summed E-state index contributed by atoms with van der Waals surface area (Å²) in [5, 5.41) is 0. The van der Waals surface area contributed by atoms with Crippen molar-refractivity contribution in [1.82, 2.24) is 4.31 Å². The number of hydrogen-bond acceptors (Lipinski definition) is 3. The van der Waals surface area contributed by atoms with Gasteiger partial charge in [0.05, 0.1) is 0 Å². The lowest BCUT2D eigenvalue weighted by Gasteiger charge is -2.37. The van der Waals surface area contributed by atoms with Gasteiger partial charge in [-0.05, 0) is 30.4 Å². The first-order valence-corrected chi connectivity index (χ1v) is 7.83. The van der Waals surface area contributed by atoms with Crippen LogP contribution in [-0.4, -0.2) is 25.8 Å². The van der Waals surface area contributed by atoms with E-state index in [-0.39, 0.29) is 5.41 Å². The molecule has 0 atom stereocenters. The molecule has 0 amide bonds. The lowest BCUT2D eigenvalue weighted by Crippen LogP contribution is -2.43. The van der Waals surface area contributed by atoms with E-state index in [1.54, 1.807) is 0 Å². The number of hydrogen-bond donors (Lipinski definition) is 1. The number of sulfonamides is 1. The SMILES string of the molecule is CC1(C)CCCN(S(=O)(=O)c2ccc(F)c(N)c2F)C1. The summed E-state index contributed by atoms with van der Waals surface area (Å²) in [6.07, 6.45) is 1.62. The van der Waals surface area contributed by atoms with Crippen molar-refractivity contribution in [2.24, 2.45) is 5.41 Å². The summed E-state index contributed by atoms with van der Waals surface area (Å²) in [5.41, 5.74) is 4.31. The molecule has 4 nitrogen and oxygen atoms in total. The van der Waals surface area contributed by atoms with Crippen molar-refractivity contribution in [3.8, 4) is 0 Å². The van der Waals surface area contributed by atoms with Crippen LogP contribution in [0.1, 0.15) is 26.7 Å². The maximum Gasteiger partial charge on any atom is 0.246 e. The van der Waals surface area contributed by atoms with Gasteiger partial charge in [0.25, 0.3) is 0 Å². The van der Waals surface area contributed by atoms with Crippen LogP contribution in [0.2, 0.25) is 0 Å². The highest BCUT2D eigenvalue weighted by Crippen LogP contribution is 2.33. The molecule has 112 valence electrons. The molecule has 1 aliphatic rings. The molecule has 1 heterocycles. The molecule has 0 radical (unpaired) electrons. The Morgan fingerprint density at radius 3 is 2.55 bits per heavy atom. The first kappa shape index (κ1) is 15.2. The van der Waals surface area contributed by atoms with Gasteiger partial charge in [-0.25, -0.2) is 17.2 Å². The Hall–Kier alpha value is -1.21.